The molecule has 0 amide bonds. The second kappa shape index (κ2) is 4.77. The first-order valence-electron chi connectivity index (χ1n) is 6.20. The Morgan fingerprint density at radius 2 is 2.11 bits per heavy atom. The summed E-state index contributed by atoms with van der Waals surface area (Å²) in [6.45, 7) is 1.96. The van der Waals surface area contributed by atoms with Crippen LogP contribution < -0.4 is 15.4 Å². The third-order valence-electron chi connectivity index (χ3n) is 3.51. The van der Waals surface area contributed by atoms with Crippen LogP contribution in [-0.4, -0.2) is 34.5 Å². The van der Waals surface area contributed by atoms with Gasteiger partial charge in [0.2, 0.25) is 5.96 Å². The van der Waals surface area contributed by atoms with Crippen LogP contribution in [0, 0.1) is 0 Å². The fourth-order valence-corrected chi connectivity index (χ4v) is 5.06. The van der Waals surface area contributed by atoms with Gasteiger partial charge in [0.05, 0.1) is 5.69 Å². The van der Waals surface area contributed by atoms with Crippen LogP contribution in [0.15, 0.2) is 14.6 Å². The van der Waals surface area contributed by atoms with E-state index in [0.717, 1.165) is 37.2 Å². The average molecular weight is 300 g/mol. The van der Waals surface area contributed by atoms with Crippen molar-refractivity contribution in [1.82, 2.24) is 10.0 Å². The summed E-state index contributed by atoms with van der Waals surface area (Å²) < 4.78 is 27.0. The number of hydrogen-bond donors (Lipinski definition) is 3. The molecule has 1 aromatic heterocycles. The molecule has 0 atom stereocenters. The summed E-state index contributed by atoms with van der Waals surface area (Å²) in [5, 5.41) is 8.38. The number of anilines is 1. The molecule has 2 aliphatic rings. The third-order valence-corrected chi connectivity index (χ3v) is 6.40. The minimum absolute atomic E-state index is 0.293. The van der Waals surface area contributed by atoms with Gasteiger partial charge in [-0.1, -0.05) is 0 Å². The summed E-state index contributed by atoms with van der Waals surface area (Å²) in [6, 6.07) is 0. The minimum atomic E-state index is -3.46. The van der Waals surface area contributed by atoms with E-state index in [1.54, 1.807) is 7.05 Å². The van der Waals surface area contributed by atoms with Crippen LogP contribution in [0.1, 0.15) is 24.3 Å². The fraction of sp³-hybridized carbons (Fsp3) is 0.545. The first-order valence-corrected chi connectivity index (χ1v) is 8.57. The number of aliphatic imine (C=N–C) groups is 1. The molecule has 0 bridgehead atoms. The van der Waals surface area contributed by atoms with Crippen LogP contribution in [0.2, 0.25) is 0 Å². The largest absolute Gasteiger partial charge is 0.323 e. The summed E-state index contributed by atoms with van der Waals surface area (Å²) in [6.07, 6.45) is 2.08. The van der Waals surface area contributed by atoms with Crippen molar-refractivity contribution in [2.75, 3.05) is 25.5 Å². The maximum atomic E-state index is 12.1. The Kier molecular flexibility index (Phi) is 3.23. The lowest BCUT2D eigenvalue weighted by Crippen LogP contribution is -2.40. The Hall–Kier alpha value is -1.12. The topological polar surface area (TPSA) is 82.6 Å². The van der Waals surface area contributed by atoms with Crippen LogP contribution >= 0.6 is 11.3 Å². The lowest BCUT2D eigenvalue weighted by atomic mass is 9.91. The van der Waals surface area contributed by atoms with Gasteiger partial charge in [0.25, 0.3) is 10.0 Å². The quantitative estimate of drug-likeness (QED) is 0.720. The van der Waals surface area contributed by atoms with Crippen molar-refractivity contribution in [3.05, 3.63) is 10.9 Å². The van der Waals surface area contributed by atoms with E-state index >= 15 is 0 Å². The number of nitrogens with zero attached hydrogens (tertiary/aromatic N) is 1. The first kappa shape index (κ1) is 12.9. The molecule has 0 saturated carbocycles. The van der Waals surface area contributed by atoms with Gasteiger partial charge in [-0.3, -0.25) is 4.99 Å². The van der Waals surface area contributed by atoms with Crippen molar-refractivity contribution in [2.45, 2.75) is 23.0 Å². The number of rotatable bonds is 1. The highest BCUT2D eigenvalue weighted by molar-refractivity contribution is 7.92. The van der Waals surface area contributed by atoms with Crippen LogP contribution in [0.5, 0.6) is 0 Å². The number of fused-ring (bicyclic) bond motifs is 1. The molecule has 6 nitrogen and oxygen atoms in total. The molecule has 3 N–H and O–H groups in total. The van der Waals surface area contributed by atoms with E-state index in [1.165, 1.54) is 11.3 Å². The molecule has 8 heteroatoms. The Balaban J connectivity index is 2.04. The number of thiophene rings is 1. The molecule has 1 saturated heterocycles. The lowest BCUT2D eigenvalue weighted by Gasteiger charge is -2.25. The van der Waals surface area contributed by atoms with E-state index in [0.29, 0.717) is 16.1 Å². The molecular weight excluding hydrogens is 284 g/mol. The van der Waals surface area contributed by atoms with Gasteiger partial charge < -0.3 is 10.6 Å². The minimum Gasteiger partial charge on any atom is -0.323 e. The molecule has 2 aliphatic heterocycles. The molecule has 1 aromatic rings. The van der Waals surface area contributed by atoms with Crippen LogP contribution in [0.4, 0.5) is 5.69 Å². The maximum absolute atomic E-state index is 12.1. The van der Waals surface area contributed by atoms with Gasteiger partial charge in [-0.15, -0.1) is 11.3 Å². The molecule has 19 heavy (non-hydrogen) atoms. The van der Waals surface area contributed by atoms with E-state index in [2.05, 4.69) is 20.3 Å². The standard InChI is InChI=1S/C11H16N4O2S2/c1-12-11-14-9-8(7-2-4-13-5-3-7)6-18-10(9)19(16,17)15-11/h6-7,13H,2-5H2,1H3,(H2,12,14,15). The molecule has 3 heterocycles. The SMILES string of the molecule is CN=C1Nc2c(C3CCNCC3)csc2S(=O)(=O)N1. The van der Waals surface area contributed by atoms with Gasteiger partial charge in [0, 0.05) is 7.05 Å². The normalized spacial score (nSPS) is 24.6. The molecule has 0 aliphatic carbocycles. The summed E-state index contributed by atoms with van der Waals surface area (Å²) in [5.74, 6) is 0.709. The number of guanidine groups is 1. The van der Waals surface area contributed by atoms with Crippen molar-refractivity contribution in [3.63, 3.8) is 0 Å². The van der Waals surface area contributed by atoms with Gasteiger partial charge in [0.1, 0.15) is 0 Å². The van der Waals surface area contributed by atoms with Crippen molar-refractivity contribution in [1.29, 1.82) is 0 Å². The second-order valence-corrected chi connectivity index (χ2v) is 7.44. The summed E-state index contributed by atoms with van der Waals surface area (Å²) in [7, 11) is -1.90. The van der Waals surface area contributed by atoms with E-state index in [9.17, 15) is 8.42 Å². The zero-order valence-electron chi connectivity index (χ0n) is 10.6. The number of piperidine rings is 1. The zero-order chi connectivity index (χ0) is 13.5. The van der Waals surface area contributed by atoms with E-state index < -0.39 is 10.0 Å². The highest BCUT2D eigenvalue weighted by atomic mass is 32.2. The second-order valence-electron chi connectivity index (χ2n) is 4.68. The molecule has 0 aromatic carbocycles. The lowest BCUT2D eigenvalue weighted by molar-refractivity contribution is 0.461. The Morgan fingerprint density at radius 3 is 2.79 bits per heavy atom. The highest BCUT2D eigenvalue weighted by Crippen LogP contribution is 2.41. The van der Waals surface area contributed by atoms with Gasteiger partial charge in [-0.05, 0) is 42.8 Å². The fourth-order valence-electron chi connectivity index (χ4n) is 2.53. The van der Waals surface area contributed by atoms with Gasteiger partial charge in [0.15, 0.2) is 4.21 Å². The number of nitrogens with one attached hydrogen (secondary N) is 3. The van der Waals surface area contributed by atoms with E-state index in [-0.39, 0.29) is 0 Å². The first-order chi connectivity index (χ1) is 9.12. The van der Waals surface area contributed by atoms with E-state index in [4.69, 9.17) is 0 Å². The molecule has 0 spiro atoms. The van der Waals surface area contributed by atoms with Crippen LogP contribution in [0.25, 0.3) is 0 Å². The van der Waals surface area contributed by atoms with Crippen molar-refractivity contribution in [3.8, 4) is 0 Å². The highest BCUT2D eigenvalue weighted by Gasteiger charge is 2.32. The van der Waals surface area contributed by atoms with Crippen molar-refractivity contribution < 1.29 is 8.42 Å². The zero-order valence-corrected chi connectivity index (χ0v) is 12.2. The van der Waals surface area contributed by atoms with Gasteiger partial charge in [-0.2, -0.15) is 0 Å². The summed E-state index contributed by atoms with van der Waals surface area (Å²) in [4.78, 5) is 3.92. The molecule has 104 valence electrons. The van der Waals surface area contributed by atoms with Crippen molar-refractivity contribution in [2.24, 2.45) is 4.99 Å². The average Bonchev–Trinajstić information content (AvgIpc) is 2.83. The number of hydrogen-bond acceptors (Lipinski definition) is 5. The Bertz CT molecular complexity index is 615. The van der Waals surface area contributed by atoms with E-state index in [1.807, 2.05) is 5.38 Å². The van der Waals surface area contributed by atoms with Crippen LogP contribution in [-0.2, 0) is 10.0 Å². The molecule has 0 unspecified atom stereocenters. The van der Waals surface area contributed by atoms with Crippen LogP contribution in [0.3, 0.4) is 0 Å². The third kappa shape index (κ3) is 2.24. The smallest absolute Gasteiger partial charge is 0.275 e. The Labute approximate surface area is 116 Å². The maximum Gasteiger partial charge on any atom is 0.275 e. The molecular formula is C11H16N4O2S2. The Morgan fingerprint density at radius 1 is 1.37 bits per heavy atom. The van der Waals surface area contributed by atoms with Gasteiger partial charge >= 0.3 is 0 Å². The monoisotopic (exact) mass is 300 g/mol. The summed E-state index contributed by atoms with van der Waals surface area (Å²) in [5.41, 5.74) is 1.82. The molecule has 0 radical (unpaired) electrons. The number of sulfonamides is 1. The summed E-state index contributed by atoms with van der Waals surface area (Å²) >= 11 is 1.28. The predicted molar refractivity (Wildman–Crippen MR) is 76.5 cm³/mol. The van der Waals surface area contributed by atoms with Gasteiger partial charge in [-0.25, -0.2) is 13.1 Å². The predicted octanol–water partition coefficient (Wildman–Crippen LogP) is 0.905. The molecule has 1 fully saturated rings. The van der Waals surface area contributed by atoms with Crippen molar-refractivity contribution >= 4 is 33.0 Å². The molecule has 3 rings (SSSR count).